The zero-order valence-electron chi connectivity index (χ0n) is 25.6. The first-order valence-electron chi connectivity index (χ1n) is 14.9. The minimum atomic E-state index is -0.897. The molecule has 0 aliphatic heterocycles. The second-order valence-corrected chi connectivity index (χ2v) is 9.02. The Bertz CT molecular complexity index is 773. The molecule has 254 valence electrons. The van der Waals surface area contributed by atoms with Crippen molar-refractivity contribution in [2.45, 2.75) is 0 Å². The van der Waals surface area contributed by atoms with Crippen LogP contribution < -0.4 is 0 Å². The maximum atomic E-state index is 11.9. The number of hydrogen-bond acceptors (Lipinski definition) is 13. The average molecular weight is 653 g/mol. The molecule has 1 aromatic carbocycles. The van der Waals surface area contributed by atoms with Crippen LogP contribution >= 0.6 is 11.6 Å². The molecule has 1 rings (SSSR count). The highest BCUT2D eigenvalue weighted by atomic mass is 35.5. The van der Waals surface area contributed by atoms with Crippen molar-refractivity contribution in [3.05, 3.63) is 35.9 Å². The number of rotatable bonds is 34. The zero-order chi connectivity index (χ0) is 31.6. The third kappa shape index (κ3) is 26.6. The van der Waals surface area contributed by atoms with Gasteiger partial charge in [0.25, 0.3) is 5.78 Å². The summed E-state index contributed by atoms with van der Waals surface area (Å²) in [6.45, 7) is 9.26. The molecule has 13 nitrogen and oxygen atoms in total. The summed E-state index contributed by atoms with van der Waals surface area (Å²) >= 11 is 5.50. The number of hydrogen-bond donors (Lipinski definition) is 0. The lowest BCUT2D eigenvalue weighted by molar-refractivity contribution is -0.139. The maximum Gasteiger partial charge on any atom is 0.379 e. The standard InChI is InChI=1S/C30H49ClO13/c31-6-7-34-8-9-35-10-11-36-12-13-37-14-15-38-16-17-39-18-19-40-20-21-41-22-23-42-24-25-43-26-27-44-30(33)29(32)28-4-2-1-3-5-28/h1-5H,6-27H2. The molecule has 0 aromatic heterocycles. The van der Waals surface area contributed by atoms with Crippen LogP contribution in [0.4, 0.5) is 0 Å². The molecule has 0 aliphatic rings. The summed E-state index contributed by atoms with van der Waals surface area (Å²) in [5.41, 5.74) is 0.295. The van der Waals surface area contributed by atoms with Crippen LogP contribution in [-0.4, -0.2) is 156 Å². The molecule has 0 amide bonds. The van der Waals surface area contributed by atoms with Gasteiger partial charge in [0.2, 0.25) is 0 Å². The largest absolute Gasteiger partial charge is 0.457 e. The van der Waals surface area contributed by atoms with E-state index in [1.54, 1.807) is 30.3 Å². The first-order valence-corrected chi connectivity index (χ1v) is 15.4. The molecule has 0 saturated carbocycles. The van der Waals surface area contributed by atoms with Crippen molar-refractivity contribution < 1.29 is 61.7 Å². The van der Waals surface area contributed by atoms with Crippen molar-refractivity contribution in [2.24, 2.45) is 0 Å². The van der Waals surface area contributed by atoms with Crippen molar-refractivity contribution in [3.8, 4) is 0 Å². The molecule has 14 heteroatoms. The van der Waals surface area contributed by atoms with E-state index >= 15 is 0 Å². The second kappa shape index (κ2) is 32.6. The maximum absolute atomic E-state index is 11.9. The molecule has 0 spiro atoms. The minimum Gasteiger partial charge on any atom is -0.457 e. The third-order valence-corrected chi connectivity index (χ3v) is 5.41. The molecule has 0 unspecified atom stereocenters. The first-order chi connectivity index (χ1) is 21.8. The Morgan fingerprint density at radius 3 is 0.977 bits per heavy atom. The quantitative estimate of drug-likeness (QED) is 0.0352. The van der Waals surface area contributed by atoms with Gasteiger partial charge in [-0.3, -0.25) is 4.79 Å². The van der Waals surface area contributed by atoms with Gasteiger partial charge in [0.05, 0.1) is 132 Å². The van der Waals surface area contributed by atoms with E-state index in [0.717, 1.165) is 0 Å². The van der Waals surface area contributed by atoms with Gasteiger partial charge in [0.15, 0.2) is 0 Å². The van der Waals surface area contributed by atoms with Gasteiger partial charge in [0, 0.05) is 11.4 Å². The molecular weight excluding hydrogens is 604 g/mol. The van der Waals surface area contributed by atoms with E-state index < -0.39 is 11.8 Å². The summed E-state index contributed by atoms with van der Waals surface area (Å²) in [5, 5.41) is 0. The summed E-state index contributed by atoms with van der Waals surface area (Å²) in [7, 11) is 0. The minimum absolute atomic E-state index is 0.00214. The Morgan fingerprint density at radius 1 is 0.409 bits per heavy atom. The topological polar surface area (TPSA) is 136 Å². The van der Waals surface area contributed by atoms with Crippen molar-refractivity contribution >= 4 is 23.4 Å². The fourth-order valence-corrected chi connectivity index (χ4v) is 3.21. The highest BCUT2D eigenvalue weighted by Crippen LogP contribution is 2.01. The lowest BCUT2D eigenvalue weighted by Gasteiger charge is -2.09. The van der Waals surface area contributed by atoms with E-state index in [2.05, 4.69) is 0 Å². The monoisotopic (exact) mass is 652 g/mol. The van der Waals surface area contributed by atoms with Crippen LogP contribution in [0.2, 0.25) is 0 Å². The second-order valence-electron chi connectivity index (χ2n) is 8.64. The molecular formula is C30H49ClO13. The summed E-state index contributed by atoms with van der Waals surface area (Å²) in [6.07, 6.45) is 0. The summed E-state index contributed by atoms with van der Waals surface area (Å²) < 4.78 is 58.8. The third-order valence-electron chi connectivity index (χ3n) is 5.25. The van der Waals surface area contributed by atoms with Crippen LogP contribution in [0, 0.1) is 0 Å². The zero-order valence-corrected chi connectivity index (χ0v) is 26.4. The van der Waals surface area contributed by atoms with Crippen molar-refractivity contribution in [3.63, 3.8) is 0 Å². The fraction of sp³-hybridized carbons (Fsp3) is 0.733. The van der Waals surface area contributed by atoms with Crippen molar-refractivity contribution in [2.75, 3.05) is 145 Å². The van der Waals surface area contributed by atoms with Crippen LogP contribution in [0.3, 0.4) is 0 Å². The van der Waals surface area contributed by atoms with Crippen molar-refractivity contribution in [1.82, 2.24) is 0 Å². The van der Waals surface area contributed by atoms with Crippen LogP contribution in [-0.2, 0) is 56.9 Å². The van der Waals surface area contributed by atoms with Crippen LogP contribution in [0.5, 0.6) is 0 Å². The average Bonchev–Trinajstić information content (AvgIpc) is 3.05. The summed E-state index contributed by atoms with van der Waals surface area (Å²) in [5.74, 6) is -1.08. The molecule has 0 bridgehead atoms. The number of Topliss-reactive ketones (excluding diaryl/α,β-unsaturated/α-hetero) is 1. The predicted molar refractivity (Wildman–Crippen MR) is 161 cm³/mol. The van der Waals surface area contributed by atoms with E-state index in [9.17, 15) is 9.59 Å². The van der Waals surface area contributed by atoms with Gasteiger partial charge >= 0.3 is 5.97 Å². The number of halogens is 1. The van der Waals surface area contributed by atoms with E-state index in [1.807, 2.05) is 0 Å². The first kappa shape index (κ1) is 40.3. The number of benzene rings is 1. The van der Waals surface area contributed by atoms with Crippen LogP contribution in [0.1, 0.15) is 10.4 Å². The molecule has 1 aromatic rings. The Kier molecular flexibility index (Phi) is 29.9. The number of alkyl halides is 1. The molecule has 0 atom stereocenters. The number of ether oxygens (including phenoxy) is 11. The molecule has 0 heterocycles. The molecule has 44 heavy (non-hydrogen) atoms. The number of esters is 1. The van der Waals surface area contributed by atoms with Gasteiger partial charge in [-0.25, -0.2) is 4.79 Å². The number of carbonyl (C=O) groups excluding carboxylic acids is 2. The lowest BCUT2D eigenvalue weighted by Crippen LogP contribution is -2.20. The fourth-order valence-electron chi connectivity index (χ4n) is 3.10. The van der Waals surface area contributed by atoms with Gasteiger partial charge in [0.1, 0.15) is 6.61 Å². The highest BCUT2D eigenvalue weighted by Gasteiger charge is 2.17. The molecule has 0 N–H and O–H groups in total. The van der Waals surface area contributed by atoms with Crippen molar-refractivity contribution in [1.29, 1.82) is 0 Å². The molecule has 0 fully saturated rings. The Hall–Kier alpha value is -1.75. The van der Waals surface area contributed by atoms with E-state index in [4.69, 9.17) is 63.7 Å². The Morgan fingerprint density at radius 2 is 0.682 bits per heavy atom. The van der Waals surface area contributed by atoms with Gasteiger partial charge in [-0.2, -0.15) is 0 Å². The van der Waals surface area contributed by atoms with E-state index in [-0.39, 0.29) is 13.2 Å². The molecule has 0 aliphatic carbocycles. The van der Waals surface area contributed by atoms with Gasteiger partial charge in [-0.05, 0) is 0 Å². The normalized spacial score (nSPS) is 11.2. The van der Waals surface area contributed by atoms with Gasteiger partial charge in [-0.15, -0.1) is 11.6 Å². The van der Waals surface area contributed by atoms with Crippen LogP contribution in [0.15, 0.2) is 30.3 Å². The SMILES string of the molecule is O=C(OCCOCCOCCOCCOCCOCCOCCOCCOCCOCCOCCCl)C(=O)c1ccccc1. The van der Waals surface area contributed by atoms with Gasteiger partial charge in [-0.1, -0.05) is 30.3 Å². The predicted octanol–water partition coefficient (Wildman–Crippen LogP) is 1.82. The summed E-state index contributed by atoms with van der Waals surface area (Å²) in [4.78, 5) is 23.6. The molecule has 0 radical (unpaired) electrons. The smallest absolute Gasteiger partial charge is 0.379 e. The highest BCUT2D eigenvalue weighted by molar-refractivity contribution is 6.40. The molecule has 0 saturated heterocycles. The van der Waals surface area contributed by atoms with E-state index in [1.165, 1.54) is 0 Å². The Balaban J connectivity index is 1.67. The Labute approximate surface area is 265 Å². The number of ketones is 1. The van der Waals surface area contributed by atoms with Crippen LogP contribution in [0.25, 0.3) is 0 Å². The lowest BCUT2D eigenvalue weighted by atomic mass is 10.1. The van der Waals surface area contributed by atoms with Gasteiger partial charge < -0.3 is 52.1 Å². The number of carbonyl (C=O) groups is 2. The van der Waals surface area contributed by atoms with E-state index in [0.29, 0.717) is 137 Å². The summed E-state index contributed by atoms with van der Waals surface area (Å²) in [6, 6.07) is 8.25.